The van der Waals surface area contributed by atoms with E-state index in [2.05, 4.69) is 10.2 Å². The number of likely N-dealkylation sites (N-methyl/N-ethyl adjacent to an activating group) is 1. The van der Waals surface area contributed by atoms with Crippen LogP contribution in [0, 0.1) is 0 Å². The third kappa shape index (κ3) is 3.35. The van der Waals surface area contributed by atoms with E-state index in [1.807, 2.05) is 7.05 Å². The van der Waals surface area contributed by atoms with Gasteiger partial charge >= 0.3 is 0 Å². The van der Waals surface area contributed by atoms with Crippen molar-refractivity contribution < 1.29 is 13.6 Å². The monoisotopic (exact) mass is 247 g/mol. The predicted octanol–water partition coefficient (Wildman–Crippen LogP) is 0.148. The van der Waals surface area contributed by atoms with Crippen LogP contribution < -0.4 is 5.32 Å². The zero-order valence-corrected chi connectivity index (χ0v) is 10.1. The summed E-state index contributed by atoms with van der Waals surface area (Å²) in [5.74, 6) is -2.85. The average Bonchev–Trinajstić information content (AvgIpc) is 2.59. The van der Waals surface area contributed by atoms with Gasteiger partial charge in [-0.05, 0) is 7.05 Å². The molecule has 6 heteroatoms. The van der Waals surface area contributed by atoms with Crippen LogP contribution in [0.5, 0.6) is 0 Å². The van der Waals surface area contributed by atoms with Crippen molar-refractivity contribution in [3.05, 3.63) is 0 Å². The molecule has 0 aromatic heterocycles. The van der Waals surface area contributed by atoms with Crippen molar-refractivity contribution >= 4 is 5.91 Å². The van der Waals surface area contributed by atoms with E-state index in [4.69, 9.17) is 0 Å². The van der Waals surface area contributed by atoms with Crippen molar-refractivity contribution in [1.29, 1.82) is 0 Å². The van der Waals surface area contributed by atoms with E-state index in [9.17, 15) is 13.6 Å². The second-order valence-electron chi connectivity index (χ2n) is 5.04. The van der Waals surface area contributed by atoms with Gasteiger partial charge < -0.3 is 15.1 Å². The maximum absolute atomic E-state index is 13.0. The van der Waals surface area contributed by atoms with Crippen LogP contribution in [0.2, 0.25) is 0 Å². The van der Waals surface area contributed by atoms with Crippen molar-refractivity contribution in [2.24, 2.45) is 0 Å². The number of rotatable bonds is 2. The lowest BCUT2D eigenvalue weighted by Crippen LogP contribution is -2.51. The first-order chi connectivity index (χ1) is 7.96. The second kappa shape index (κ2) is 4.86. The first-order valence-corrected chi connectivity index (χ1v) is 6.04. The van der Waals surface area contributed by atoms with E-state index >= 15 is 0 Å². The Labute approximate surface area is 99.9 Å². The first kappa shape index (κ1) is 12.7. The molecule has 0 spiro atoms. The van der Waals surface area contributed by atoms with Gasteiger partial charge in [0.15, 0.2) is 0 Å². The molecule has 1 amide bonds. The lowest BCUT2D eigenvalue weighted by molar-refractivity contribution is -0.132. The molecule has 0 saturated carbocycles. The molecule has 17 heavy (non-hydrogen) atoms. The standard InChI is InChI=1S/C11H19F2N3O/c1-15-5-3-14-9(7-15)6-10(17)16-4-2-11(12,13)8-16/h9,14H,2-8H2,1H3. The molecule has 2 aliphatic heterocycles. The van der Waals surface area contributed by atoms with Crippen LogP contribution in [-0.2, 0) is 4.79 Å². The summed E-state index contributed by atoms with van der Waals surface area (Å²) >= 11 is 0. The molecule has 1 N–H and O–H groups in total. The lowest BCUT2D eigenvalue weighted by Gasteiger charge is -2.31. The van der Waals surface area contributed by atoms with Crippen LogP contribution in [0.15, 0.2) is 0 Å². The Hall–Kier alpha value is -0.750. The average molecular weight is 247 g/mol. The Balaban J connectivity index is 1.81. The third-order valence-electron chi connectivity index (χ3n) is 3.40. The fraction of sp³-hybridized carbons (Fsp3) is 0.909. The van der Waals surface area contributed by atoms with Gasteiger partial charge in [-0.3, -0.25) is 4.79 Å². The molecule has 0 aromatic rings. The van der Waals surface area contributed by atoms with Crippen molar-refractivity contribution in [2.45, 2.75) is 24.8 Å². The number of nitrogens with zero attached hydrogens (tertiary/aromatic N) is 2. The van der Waals surface area contributed by atoms with Crippen LogP contribution in [0.3, 0.4) is 0 Å². The van der Waals surface area contributed by atoms with Gasteiger partial charge in [-0.1, -0.05) is 0 Å². The molecule has 2 saturated heterocycles. The van der Waals surface area contributed by atoms with E-state index < -0.39 is 12.5 Å². The van der Waals surface area contributed by atoms with E-state index in [1.165, 1.54) is 4.90 Å². The number of carbonyl (C=O) groups is 1. The quantitative estimate of drug-likeness (QED) is 0.754. The van der Waals surface area contributed by atoms with Crippen molar-refractivity contribution in [2.75, 3.05) is 39.8 Å². The molecule has 2 heterocycles. The van der Waals surface area contributed by atoms with Crippen LogP contribution >= 0.6 is 0 Å². The highest BCUT2D eigenvalue weighted by Crippen LogP contribution is 2.27. The molecular weight excluding hydrogens is 228 g/mol. The molecule has 0 aromatic carbocycles. The highest BCUT2D eigenvalue weighted by Gasteiger charge is 2.40. The number of carbonyl (C=O) groups excluding carboxylic acids is 1. The highest BCUT2D eigenvalue weighted by molar-refractivity contribution is 5.77. The Kier molecular flexibility index (Phi) is 3.63. The number of piperazine rings is 1. The van der Waals surface area contributed by atoms with Crippen molar-refractivity contribution in [3.63, 3.8) is 0 Å². The summed E-state index contributed by atoms with van der Waals surface area (Å²) in [6.07, 6.45) is 0.122. The van der Waals surface area contributed by atoms with E-state index in [-0.39, 0.29) is 24.9 Å². The Morgan fingerprint density at radius 2 is 2.24 bits per heavy atom. The Bertz CT molecular complexity index is 298. The predicted molar refractivity (Wildman–Crippen MR) is 60.0 cm³/mol. The number of hydrogen-bond acceptors (Lipinski definition) is 3. The van der Waals surface area contributed by atoms with E-state index in [1.54, 1.807) is 0 Å². The molecular formula is C11H19F2N3O. The number of halogens is 2. The zero-order valence-electron chi connectivity index (χ0n) is 10.1. The number of hydrogen-bond donors (Lipinski definition) is 1. The van der Waals surface area contributed by atoms with Gasteiger partial charge in [-0.2, -0.15) is 0 Å². The molecule has 2 rings (SSSR count). The summed E-state index contributed by atoms with van der Waals surface area (Å²) in [5.41, 5.74) is 0. The number of nitrogens with one attached hydrogen (secondary N) is 1. The highest BCUT2D eigenvalue weighted by atomic mass is 19.3. The molecule has 0 bridgehead atoms. The van der Waals surface area contributed by atoms with E-state index in [0.29, 0.717) is 6.42 Å². The van der Waals surface area contributed by atoms with Crippen LogP contribution in [0.4, 0.5) is 8.78 Å². The molecule has 98 valence electrons. The van der Waals surface area contributed by atoms with E-state index in [0.717, 1.165) is 19.6 Å². The number of alkyl halides is 2. The van der Waals surface area contributed by atoms with Crippen LogP contribution in [0.25, 0.3) is 0 Å². The summed E-state index contributed by atoms with van der Waals surface area (Å²) in [5, 5.41) is 3.25. The zero-order chi connectivity index (χ0) is 12.5. The second-order valence-corrected chi connectivity index (χ2v) is 5.04. The third-order valence-corrected chi connectivity index (χ3v) is 3.40. The molecule has 0 radical (unpaired) electrons. The largest absolute Gasteiger partial charge is 0.336 e. The topological polar surface area (TPSA) is 35.6 Å². The van der Waals surface area contributed by atoms with Gasteiger partial charge in [-0.25, -0.2) is 8.78 Å². The summed E-state index contributed by atoms with van der Waals surface area (Å²) < 4.78 is 26.0. The minimum atomic E-state index is -2.69. The SMILES string of the molecule is CN1CCNC(CC(=O)N2CCC(F)(F)C2)C1. The number of likely N-dealkylation sites (tertiary alicyclic amines) is 1. The van der Waals surface area contributed by atoms with Crippen LogP contribution in [0.1, 0.15) is 12.8 Å². The maximum atomic E-state index is 13.0. The summed E-state index contributed by atoms with van der Waals surface area (Å²) in [6.45, 7) is 2.40. The van der Waals surface area contributed by atoms with Gasteiger partial charge in [0.25, 0.3) is 5.92 Å². The maximum Gasteiger partial charge on any atom is 0.267 e. The van der Waals surface area contributed by atoms with Crippen molar-refractivity contribution in [3.8, 4) is 0 Å². The van der Waals surface area contributed by atoms with Gasteiger partial charge in [0, 0.05) is 45.1 Å². The minimum Gasteiger partial charge on any atom is -0.336 e. The van der Waals surface area contributed by atoms with Gasteiger partial charge in [0.2, 0.25) is 5.91 Å². The summed E-state index contributed by atoms with van der Waals surface area (Å²) in [4.78, 5) is 15.3. The molecule has 2 aliphatic rings. The van der Waals surface area contributed by atoms with Crippen LogP contribution in [-0.4, -0.2) is 67.4 Å². The van der Waals surface area contributed by atoms with Crippen molar-refractivity contribution in [1.82, 2.24) is 15.1 Å². The molecule has 1 unspecified atom stereocenters. The molecule has 2 fully saturated rings. The minimum absolute atomic E-state index is 0.0930. The van der Waals surface area contributed by atoms with Gasteiger partial charge in [0.05, 0.1) is 6.54 Å². The smallest absolute Gasteiger partial charge is 0.267 e. The normalized spacial score (nSPS) is 29.6. The van der Waals surface area contributed by atoms with Gasteiger partial charge in [0.1, 0.15) is 0 Å². The fourth-order valence-corrected chi connectivity index (χ4v) is 2.42. The number of amides is 1. The lowest BCUT2D eigenvalue weighted by atomic mass is 10.1. The molecule has 1 atom stereocenters. The summed E-state index contributed by atoms with van der Waals surface area (Å²) in [7, 11) is 2.00. The summed E-state index contributed by atoms with van der Waals surface area (Å²) in [6, 6.07) is 0.0930. The Morgan fingerprint density at radius 1 is 1.47 bits per heavy atom. The molecule has 4 nitrogen and oxygen atoms in total. The first-order valence-electron chi connectivity index (χ1n) is 6.04. The van der Waals surface area contributed by atoms with Gasteiger partial charge in [-0.15, -0.1) is 0 Å². The molecule has 0 aliphatic carbocycles. The fourth-order valence-electron chi connectivity index (χ4n) is 2.42. The Morgan fingerprint density at radius 3 is 2.82 bits per heavy atom.